The molecule has 0 bridgehead atoms. The molecule has 1 aromatic heterocycles. The van der Waals surface area contributed by atoms with E-state index in [1.807, 2.05) is 17.7 Å². The second kappa shape index (κ2) is 6.61. The third-order valence-electron chi connectivity index (χ3n) is 4.01. The van der Waals surface area contributed by atoms with Gasteiger partial charge in [-0.15, -0.1) is 0 Å². The van der Waals surface area contributed by atoms with E-state index in [9.17, 15) is 4.79 Å². The molecular formula is C19H20N2O2S. The summed E-state index contributed by atoms with van der Waals surface area (Å²) < 4.78 is 8.27. The summed E-state index contributed by atoms with van der Waals surface area (Å²) in [6, 6.07) is 13.5. The predicted molar refractivity (Wildman–Crippen MR) is 97.8 cm³/mol. The molecule has 3 rings (SSSR count). The molecule has 1 amide bonds. The molecule has 0 N–H and O–H groups in total. The van der Waals surface area contributed by atoms with Crippen LogP contribution in [0.3, 0.4) is 0 Å². The molecule has 0 atom stereocenters. The molecule has 0 spiro atoms. The van der Waals surface area contributed by atoms with Crippen molar-refractivity contribution in [3.8, 4) is 5.75 Å². The lowest BCUT2D eigenvalue weighted by Crippen LogP contribution is -2.13. The van der Waals surface area contributed by atoms with Gasteiger partial charge in [-0.2, -0.15) is 4.99 Å². The van der Waals surface area contributed by atoms with Gasteiger partial charge in [0.25, 0.3) is 5.91 Å². The molecule has 2 aromatic carbocycles. The topological polar surface area (TPSA) is 43.6 Å². The first kappa shape index (κ1) is 16.5. The molecule has 3 aromatic rings. The Morgan fingerprint density at radius 3 is 2.71 bits per heavy atom. The minimum absolute atomic E-state index is 0.264. The van der Waals surface area contributed by atoms with Gasteiger partial charge < -0.3 is 9.30 Å². The number of aryl methyl sites for hydroxylation is 1. The number of amides is 1. The van der Waals surface area contributed by atoms with Gasteiger partial charge in [0.2, 0.25) is 0 Å². The van der Waals surface area contributed by atoms with E-state index in [1.54, 1.807) is 25.3 Å². The lowest BCUT2D eigenvalue weighted by atomic mass is 10.0. The predicted octanol–water partition coefficient (Wildman–Crippen LogP) is 4.11. The number of carbonyl (C=O) groups is 1. The summed E-state index contributed by atoms with van der Waals surface area (Å²) in [6.07, 6.45) is 0. The van der Waals surface area contributed by atoms with Crippen molar-refractivity contribution in [2.45, 2.75) is 19.8 Å². The minimum Gasteiger partial charge on any atom is -0.497 e. The van der Waals surface area contributed by atoms with Gasteiger partial charge in [0.15, 0.2) is 4.80 Å². The van der Waals surface area contributed by atoms with Crippen LogP contribution in [0.1, 0.15) is 35.7 Å². The largest absolute Gasteiger partial charge is 0.497 e. The van der Waals surface area contributed by atoms with Crippen LogP contribution in [0, 0.1) is 0 Å². The zero-order valence-corrected chi connectivity index (χ0v) is 15.1. The summed E-state index contributed by atoms with van der Waals surface area (Å²) in [5.74, 6) is 0.860. The van der Waals surface area contributed by atoms with Crippen molar-refractivity contribution in [3.05, 3.63) is 58.4 Å². The van der Waals surface area contributed by atoms with Gasteiger partial charge in [-0.1, -0.05) is 37.3 Å². The molecule has 0 saturated carbocycles. The Morgan fingerprint density at radius 2 is 2.00 bits per heavy atom. The zero-order chi connectivity index (χ0) is 17.3. The van der Waals surface area contributed by atoms with Crippen LogP contribution in [-0.4, -0.2) is 17.6 Å². The summed E-state index contributed by atoms with van der Waals surface area (Å²) in [5, 5.41) is 0. The van der Waals surface area contributed by atoms with Gasteiger partial charge in [-0.3, -0.25) is 4.79 Å². The fourth-order valence-electron chi connectivity index (χ4n) is 2.52. The number of thiazole rings is 1. The molecule has 0 aliphatic rings. The van der Waals surface area contributed by atoms with Crippen molar-refractivity contribution in [1.82, 2.24) is 4.57 Å². The molecule has 0 unspecified atom stereocenters. The number of methoxy groups -OCH3 is 1. The van der Waals surface area contributed by atoms with E-state index in [4.69, 9.17) is 4.74 Å². The Morgan fingerprint density at radius 1 is 1.21 bits per heavy atom. The van der Waals surface area contributed by atoms with Crippen molar-refractivity contribution in [3.63, 3.8) is 0 Å². The van der Waals surface area contributed by atoms with Gasteiger partial charge in [-0.25, -0.2) is 0 Å². The number of rotatable bonds is 3. The van der Waals surface area contributed by atoms with Gasteiger partial charge in [-0.05, 0) is 41.8 Å². The Kier molecular flexibility index (Phi) is 4.53. The van der Waals surface area contributed by atoms with E-state index in [1.165, 1.54) is 16.9 Å². The maximum atomic E-state index is 12.5. The summed E-state index contributed by atoms with van der Waals surface area (Å²) in [5.41, 5.74) is 2.89. The highest BCUT2D eigenvalue weighted by Crippen LogP contribution is 2.23. The molecule has 5 heteroatoms. The van der Waals surface area contributed by atoms with Gasteiger partial charge >= 0.3 is 0 Å². The first-order valence-corrected chi connectivity index (χ1v) is 8.64. The first-order chi connectivity index (χ1) is 11.5. The normalized spacial score (nSPS) is 12.1. The summed E-state index contributed by atoms with van der Waals surface area (Å²) in [4.78, 5) is 17.5. The number of hydrogen-bond acceptors (Lipinski definition) is 3. The maximum absolute atomic E-state index is 12.5. The van der Waals surface area contributed by atoms with Crippen LogP contribution < -0.4 is 9.54 Å². The molecule has 0 saturated heterocycles. The molecule has 0 aliphatic heterocycles. The van der Waals surface area contributed by atoms with E-state index < -0.39 is 0 Å². The van der Waals surface area contributed by atoms with Crippen molar-refractivity contribution < 1.29 is 9.53 Å². The second-order valence-electron chi connectivity index (χ2n) is 5.97. The van der Waals surface area contributed by atoms with E-state index in [0.717, 1.165) is 10.2 Å². The molecule has 0 fully saturated rings. The number of carbonyl (C=O) groups excluding carboxylic acids is 1. The van der Waals surface area contributed by atoms with Crippen LogP contribution in [0.2, 0.25) is 0 Å². The SMILES string of the molecule is COc1cccc(C(=O)N=c2sc3cc(C(C)C)ccc3n2C)c1. The summed E-state index contributed by atoms with van der Waals surface area (Å²) in [7, 11) is 3.52. The van der Waals surface area contributed by atoms with Gasteiger partial charge in [0.1, 0.15) is 5.75 Å². The number of fused-ring (bicyclic) bond motifs is 1. The van der Waals surface area contributed by atoms with Crippen molar-refractivity contribution in [1.29, 1.82) is 0 Å². The standard InChI is InChI=1S/C19H20N2O2S/c1-12(2)13-8-9-16-17(11-13)24-19(21(16)3)20-18(22)14-6-5-7-15(10-14)23-4/h5-12H,1-4H3. The van der Waals surface area contributed by atoms with Crippen LogP contribution >= 0.6 is 11.3 Å². The maximum Gasteiger partial charge on any atom is 0.279 e. The number of ether oxygens (including phenoxy) is 1. The van der Waals surface area contributed by atoms with Gasteiger partial charge in [0.05, 0.1) is 17.3 Å². The van der Waals surface area contributed by atoms with Crippen LogP contribution in [0.25, 0.3) is 10.2 Å². The Hall–Kier alpha value is -2.40. The highest BCUT2D eigenvalue weighted by molar-refractivity contribution is 7.16. The van der Waals surface area contributed by atoms with Gasteiger partial charge in [0, 0.05) is 12.6 Å². The highest BCUT2D eigenvalue weighted by Gasteiger charge is 2.09. The van der Waals surface area contributed by atoms with E-state index in [0.29, 0.717) is 22.0 Å². The monoisotopic (exact) mass is 340 g/mol. The zero-order valence-electron chi connectivity index (χ0n) is 14.2. The Labute approximate surface area is 145 Å². The summed E-state index contributed by atoms with van der Waals surface area (Å²) >= 11 is 1.53. The average molecular weight is 340 g/mol. The highest BCUT2D eigenvalue weighted by atomic mass is 32.1. The van der Waals surface area contributed by atoms with Crippen LogP contribution in [0.4, 0.5) is 0 Å². The molecule has 0 radical (unpaired) electrons. The lowest BCUT2D eigenvalue weighted by molar-refractivity contribution is 0.0997. The number of nitrogens with zero attached hydrogens (tertiary/aromatic N) is 2. The number of hydrogen-bond donors (Lipinski definition) is 0. The fraction of sp³-hybridized carbons (Fsp3) is 0.263. The Bertz CT molecular complexity index is 967. The fourth-order valence-corrected chi connectivity index (χ4v) is 3.59. The molecule has 0 aliphatic carbocycles. The number of benzene rings is 2. The smallest absolute Gasteiger partial charge is 0.279 e. The second-order valence-corrected chi connectivity index (χ2v) is 6.98. The molecule has 124 valence electrons. The quantitative estimate of drug-likeness (QED) is 0.720. The van der Waals surface area contributed by atoms with Crippen molar-refractivity contribution in [2.24, 2.45) is 12.0 Å². The van der Waals surface area contributed by atoms with E-state index in [2.05, 4.69) is 37.0 Å². The molecular weight excluding hydrogens is 320 g/mol. The first-order valence-electron chi connectivity index (χ1n) is 7.82. The molecule has 24 heavy (non-hydrogen) atoms. The van der Waals surface area contributed by atoms with Crippen molar-refractivity contribution in [2.75, 3.05) is 7.11 Å². The third-order valence-corrected chi connectivity index (χ3v) is 5.11. The third kappa shape index (κ3) is 3.12. The van der Waals surface area contributed by atoms with Crippen LogP contribution in [-0.2, 0) is 7.05 Å². The van der Waals surface area contributed by atoms with Crippen LogP contribution in [0.5, 0.6) is 5.75 Å². The average Bonchev–Trinajstić information content (AvgIpc) is 2.90. The Balaban J connectivity index is 2.06. The summed E-state index contributed by atoms with van der Waals surface area (Å²) in [6.45, 7) is 4.35. The molecule has 4 nitrogen and oxygen atoms in total. The lowest BCUT2D eigenvalue weighted by Gasteiger charge is -2.04. The van der Waals surface area contributed by atoms with Crippen molar-refractivity contribution >= 4 is 27.5 Å². The molecule has 1 heterocycles. The van der Waals surface area contributed by atoms with E-state index >= 15 is 0 Å². The number of aromatic nitrogens is 1. The minimum atomic E-state index is -0.264. The van der Waals surface area contributed by atoms with E-state index in [-0.39, 0.29) is 5.91 Å². The van der Waals surface area contributed by atoms with Crippen LogP contribution in [0.15, 0.2) is 47.5 Å².